The number of aromatic nitrogens is 2. The maximum absolute atomic E-state index is 11.4. The van der Waals surface area contributed by atoms with Crippen molar-refractivity contribution in [1.29, 1.82) is 0 Å². The van der Waals surface area contributed by atoms with Crippen molar-refractivity contribution in [2.75, 3.05) is 13.1 Å². The smallest absolute Gasteiger partial charge is 0.356 e. The number of carbonyl (C=O) groups is 1. The third-order valence-electron chi connectivity index (χ3n) is 3.95. The van der Waals surface area contributed by atoms with Gasteiger partial charge in [0.25, 0.3) is 0 Å². The van der Waals surface area contributed by atoms with Crippen LogP contribution in [-0.2, 0) is 6.54 Å². The second-order valence-electron chi connectivity index (χ2n) is 5.45. The van der Waals surface area contributed by atoms with Gasteiger partial charge in [-0.2, -0.15) is 0 Å². The zero-order valence-corrected chi connectivity index (χ0v) is 12.5. The van der Waals surface area contributed by atoms with Gasteiger partial charge in [-0.3, -0.25) is 4.90 Å². The molecule has 5 nitrogen and oxygen atoms in total. The first-order valence-corrected chi connectivity index (χ1v) is 7.65. The minimum atomic E-state index is -1.04. The molecule has 0 aromatic carbocycles. The highest BCUT2D eigenvalue weighted by atomic mass is 35.5. The highest BCUT2D eigenvalue weighted by Crippen LogP contribution is 2.23. The Morgan fingerprint density at radius 3 is 2.67 bits per heavy atom. The Balaban J connectivity index is 1.98. The van der Waals surface area contributed by atoms with Gasteiger partial charge in [-0.25, -0.2) is 9.78 Å². The molecule has 2 aromatic heterocycles. The van der Waals surface area contributed by atoms with E-state index in [1.165, 1.54) is 25.7 Å². The molecule has 112 valence electrons. The Morgan fingerprint density at radius 2 is 2.00 bits per heavy atom. The van der Waals surface area contributed by atoms with E-state index in [2.05, 4.69) is 9.88 Å². The van der Waals surface area contributed by atoms with Crippen LogP contribution < -0.4 is 0 Å². The Bertz CT molecular complexity index is 660. The van der Waals surface area contributed by atoms with E-state index in [-0.39, 0.29) is 5.69 Å². The van der Waals surface area contributed by atoms with Crippen molar-refractivity contribution in [2.24, 2.45) is 0 Å². The fourth-order valence-corrected chi connectivity index (χ4v) is 3.17. The maximum Gasteiger partial charge on any atom is 0.356 e. The molecule has 3 rings (SSSR count). The van der Waals surface area contributed by atoms with Crippen LogP contribution in [0.1, 0.15) is 42.0 Å². The number of pyridine rings is 1. The topological polar surface area (TPSA) is 57.8 Å². The van der Waals surface area contributed by atoms with Crippen LogP contribution in [0.15, 0.2) is 18.3 Å². The molecule has 21 heavy (non-hydrogen) atoms. The third kappa shape index (κ3) is 2.89. The SMILES string of the molecule is O=C(O)c1nc(CN2CCCCCC2)n2cccc(Cl)c12. The minimum Gasteiger partial charge on any atom is -0.476 e. The van der Waals surface area contributed by atoms with Crippen molar-refractivity contribution in [2.45, 2.75) is 32.2 Å². The van der Waals surface area contributed by atoms with Crippen molar-refractivity contribution in [3.63, 3.8) is 0 Å². The molecule has 1 fully saturated rings. The zero-order valence-electron chi connectivity index (χ0n) is 11.8. The molecule has 0 bridgehead atoms. The Morgan fingerprint density at radius 1 is 1.29 bits per heavy atom. The predicted molar refractivity (Wildman–Crippen MR) is 80.9 cm³/mol. The van der Waals surface area contributed by atoms with Gasteiger partial charge in [-0.15, -0.1) is 0 Å². The number of hydrogen-bond acceptors (Lipinski definition) is 3. The summed E-state index contributed by atoms with van der Waals surface area (Å²) in [4.78, 5) is 18.0. The van der Waals surface area contributed by atoms with E-state index in [1.54, 1.807) is 10.5 Å². The van der Waals surface area contributed by atoms with Gasteiger partial charge in [0.1, 0.15) is 5.82 Å². The average molecular weight is 308 g/mol. The summed E-state index contributed by atoms with van der Waals surface area (Å²) in [5.74, 6) is -0.297. The first-order chi connectivity index (χ1) is 10.2. The summed E-state index contributed by atoms with van der Waals surface area (Å²) in [7, 11) is 0. The number of nitrogens with zero attached hydrogens (tertiary/aromatic N) is 3. The summed E-state index contributed by atoms with van der Waals surface area (Å²) >= 11 is 6.15. The van der Waals surface area contributed by atoms with Gasteiger partial charge >= 0.3 is 5.97 Å². The van der Waals surface area contributed by atoms with Crippen molar-refractivity contribution in [3.05, 3.63) is 34.9 Å². The zero-order chi connectivity index (χ0) is 14.8. The van der Waals surface area contributed by atoms with Gasteiger partial charge in [0.2, 0.25) is 0 Å². The van der Waals surface area contributed by atoms with Crippen LogP contribution in [0.2, 0.25) is 5.02 Å². The molecule has 1 saturated heterocycles. The molecule has 0 amide bonds. The van der Waals surface area contributed by atoms with Crippen LogP contribution in [-0.4, -0.2) is 38.4 Å². The van der Waals surface area contributed by atoms with Crippen molar-refractivity contribution >= 4 is 23.1 Å². The van der Waals surface area contributed by atoms with E-state index >= 15 is 0 Å². The van der Waals surface area contributed by atoms with Crippen LogP contribution in [0.4, 0.5) is 0 Å². The fourth-order valence-electron chi connectivity index (χ4n) is 2.92. The second-order valence-corrected chi connectivity index (χ2v) is 5.85. The quantitative estimate of drug-likeness (QED) is 0.947. The third-order valence-corrected chi connectivity index (χ3v) is 4.26. The lowest BCUT2D eigenvalue weighted by Gasteiger charge is -2.18. The lowest BCUT2D eigenvalue weighted by atomic mass is 10.2. The minimum absolute atomic E-state index is 0.0328. The number of rotatable bonds is 3. The van der Waals surface area contributed by atoms with Gasteiger partial charge in [0, 0.05) is 6.20 Å². The summed E-state index contributed by atoms with van der Waals surface area (Å²) in [6, 6.07) is 3.51. The molecule has 3 heterocycles. The molecular formula is C15H18ClN3O2. The van der Waals surface area contributed by atoms with Crippen LogP contribution in [0.25, 0.3) is 5.52 Å². The average Bonchev–Trinajstić information content (AvgIpc) is 2.65. The molecular weight excluding hydrogens is 290 g/mol. The summed E-state index contributed by atoms with van der Waals surface area (Å²) in [6.45, 7) is 2.74. The molecule has 0 radical (unpaired) electrons. The second kappa shape index (κ2) is 6.03. The highest BCUT2D eigenvalue weighted by Gasteiger charge is 2.20. The lowest BCUT2D eigenvalue weighted by Crippen LogP contribution is -2.25. The molecule has 6 heteroatoms. The summed E-state index contributed by atoms with van der Waals surface area (Å²) < 4.78 is 1.80. The summed E-state index contributed by atoms with van der Waals surface area (Å²) in [5.41, 5.74) is 0.516. The summed E-state index contributed by atoms with van der Waals surface area (Å²) in [6.07, 6.45) is 6.75. The van der Waals surface area contributed by atoms with E-state index in [1.807, 2.05) is 12.3 Å². The first kappa shape index (κ1) is 14.4. The number of aromatic carboxylic acids is 1. The number of hydrogen-bond donors (Lipinski definition) is 1. The van der Waals surface area contributed by atoms with E-state index in [4.69, 9.17) is 11.6 Å². The predicted octanol–water partition coefficient (Wildman–Crippen LogP) is 3.06. The summed E-state index contributed by atoms with van der Waals surface area (Å²) in [5, 5.41) is 9.74. The van der Waals surface area contributed by atoms with Gasteiger partial charge in [0.15, 0.2) is 5.69 Å². The van der Waals surface area contributed by atoms with Crippen molar-refractivity contribution < 1.29 is 9.90 Å². The molecule has 1 N–H and O–H groups in total. The fraction of sp³-hybridized carbons (Fsp3) is 0.467. The lowest BCUT2D eigenvalue weighted by molar-refractivity contribution is 0.0693. The van der Waals surface area contributed by atoms with Gasteiger partial charge in [-0.05, 0) is 38.1 Å². The van der Waals surface area contributed by atoms with E-state index < -0.39 is 5.97 Å². The van der Waals surface area contributed by atoms with E-state index in [9.17, 15) is 9.90 Å². The number of imidazole rings is 1. The standard InChI is InChI=1S/C15H18ClN3O2/c16-11-6-5-9-19-12(17-13(14(11)19)15(20)21)10-18-7-3-1-2-4-8-18/h5-6,9H,1-4,7-8,10H2,(H,20,21). The number of carboxylic acids is 1. The monoisotopic (exact) mass is 307 g/mol. The van der Waals surface area contributed by atoms with Gasteiger partial charge < -0.3 is 9.51 Å². The van der Waals surface area contributed by atoms with Crippen LogP contribution in [0, 0.1) is 0 Å². The Hall–Kier alpha value is -1.59. The number of carboxylic acid groups (broad SMARTS) is 1. The molecule has 0 saturated carbocycles. The highest BCUT2D eigenvalue weighted by molar-refractivity contribution is 6.34. The first-order valence-electron chi connectivity index (χ1n) is 7.28. The van der Waals surface area contributed by atoms with E-state index in [0.717, 1.165) is 18.9 Å². The van der Waals surface area contributed by atoms with Crippen molar-refractivity contribution in [3.8, 4) is 0 Å². The van der Waals surface area contributed by atoms with E-state index in [0.29, 0.717) is 17.1 Å². The van der Waals surface area contributed by atoms with Crippen LogP contribution in [0.5, 0.6) is 0 Å². The molecule has 0 aliphatic carbocycles. The molecule has 2 aromatic rings. The van der Waals surface area contributed by atoms with Crippen LogP contribution >= 0.6 is 11.6 Å². The molecule has 0 atom stereocenters. The van der Waals surface area contributed by atoms with Gasteiger partial charge in [-0.1, -0.05) is 24.4 Å². The number of halogens is 1. The molecule has 0 unspecified atom stereocenters. The molecule has 1 aliphatic rings. The normalized spacial score (nSPS) is 17.0. The Kier molecular flexibility index (Phi) is 4.12. The van der Waals surface area contributed by atoms with Crippen molar-refractivity contribution in [1.82, 2.24) is 14.3 Å². The molecule has 0 spiro atoms. The maximum atomic E-state index is 11.4. The Labute approximate surface area is 128 Å². The van der Waals surface area contributed by atoms with Crippen LogP contribution in [0.3, 0.4) is 0 Å². The number of likely N-dealkylation sites (tertiary alicyclic amines) is 1. The number of fused-ring (bicyclic) bond motifs is 1. The van der Waals surface area contributed by atoms with Gasteiger partial charge in [0.05, 0.1) is 17.1 Å². The largest absolute Gasteiger partial charge is 0.476 e. The molecule has 1 aliphatic heterocycles.